The van der Waals surface area contributed by atoms with Crippen molar-refractivity contribution in [3.05, 3.63) is 11.1 Å². The molecule has 148 valence electrons. The lowest BCUT2D eigenvalue weighted by Crippen LogP contribution is -2.69. The first-order valence-corrected chi connectivity index (χ1v) is 19.9. The topological polar surface area (TPSA) is 9.23 Å². The Kier molecular flexibility index (Phi) is 5.78. The van der Waals surface area contributed by atoms with Crippen molar-refractivity contribution in [2.75, 3.05) is 0 Å². The van der Waals surface area contributed by atoms with Crippen LogP contribution in [0.1, 0.15) is 62.3 Å². The molecule has 0 aliphatic heterocycles. The molecule has 0 amide bonds. The second-order valence-electron chi connectivity index (χ2n) is 13.2. The molecule has 0 aromatic heterocycles. The van der Waals surface area contributed by atoms with E-state index in [9.17, 15) is 0 Å². The van der Waals surface area contributed by atoms with E-state index in [1.807, 2.05) is 0 Å². The Morgan fingerprint density at radius 2 is 0.960 bits per heavy atom. The van der Waals surface area contributed by atoms with Gasteiger partial charge in [0.05, 0.1) is 7.59 Å². The van der Waals surface area contributed by atoms with Crippen molar-refractivity contribution >= 4 is 23.7 Å². The maximum absolute atomic E-state index is 7.43. The highest BCUT2D eigenvalue weighted by molar-refractivity contribution is 7.41. The van der Waals surface area contributed by atoms with Crippen LogP contribution in [-0.2, 0) is 4.12 Å². The normalized spacial score (nSPS) is 20.8. The molecule has 0 saturated carbocycles. The quantitative estimate of drug-likeness (QED) is 0.347. The SMILES string of the molecule is CC(C)(C)C1=C(C(C)(C)C)C1[Si](O[Si](C)(C)C)(C(C)(C)C)[Si](C)(C)C. The molecule has 0 aromatic rings. The summed E-state index contributed by atoms with van der Waals surface area (Å²) in [5, 5.41) is 0.256. The van der Waals surface area contributed by atoms with Gasteiger partial charge >= 0.3 is 0 Å². The predicted octanol–water partition coefficient (Wildman–Crippen LogP) is 7.77. The van der Waals surface area contributed by atoms with Gasteiger partial charge in [0, 0.05) is 5.54 Å². The summed E-state index contributed by atoms with van der Waals surface area (Å²) in [6, 6.07) is 0. The lowest BCUT2D eigenvalue weighted by atomic mass is 9.89. The third-order valence-corrected chi connectivity index (χ3v) is 25.8. The second kappa shape index (κ2) is 6.18. The fourth-order valence-corrected chi connectivity index (χ4v) is 33.5. The van der Waals surface area contributed by atoms with Crippen molar-refractivity contribution in [2.45, 2.75) is 112 Å². The Labute approximate surface area is 162 Å². The van der Waals surface area contributed by atoms with Crippen molar-refractivity contribution in [3.63, 3.8) is 0 Å². The summed E-state index contributed by atoms with van der Waals surface area (Å²) < 4.78 is 7.43. The van der Waals surface area contributed by atoms with Crippen molar-refractivity contribution in [2.24, 2.45) is 10.8 Å². The van der Waals surface area contributed by atoms with Crippen LogP contribution >= 0.6 is 0 Å². The fraction of sp³-hybridized carbons (Fsp3) is 0.905. The smallest absolute Gasteiger partial charge is 0.182 e. The first kappa shape index (κ1) is 23.4. The average Bonchev–Trinajstić information content (AvgIpc) is 2.94. The molecular weight excluding hydrogens is 352 g/mol. The van der Waals surface area contributed by atoms with Gasteiger partial charge in [-0.3, -0.25) is 0 Å². The first-order valence-electron chi connectivity index (χ1n) is 10.0. The molecule has 1 aliphatic carbocycles. The summed E-state index contributed by atoms with van der Waals surface area (Å²) in [6.07, 6.45) is 0. The molecular formula is C21H46OSi3. The van der Waals surface area contributed by atoms with Crippen LogP contribution in [0.25, 0.3) is 0 Å². The molecule has 0 radical (unpaired) electrons. The lowest BCUT2D eigenvalue weighted by molar-refractivity contribution is 0.469. The maximum atomic E-state index is 7.43. The van der Waals surface area contributed by atoms with Gasteiger partial charge in [-0.2, -0.15) is 0 Å². The highest BCUT2D eigenvalue weighted by Crippen LogP contribution is 2.70. The molecule has 0 N–H and O–H groups in total. The zero-order chi connectivity index (χ0) is 20.4. The van der Waals surface area contributed by atoms with E-state index < -0.39 is 23.7 Å². The Morgan fingerprint density at radius 3 is 1.12 bits per heavy atom. The third kappa shape index (κ3) is 4.44. The number of allylic oxidation sites excluding steroid dienone is 2. The third-order valence-electron chi connectivity index (χ3n) is 5.50. The van der Waals surface area contributed by atoms with Gasteiger partial charge in [0.15, 0.2) is 16.2 Å². The molecule has 0 saturated heterocycles. The van der Waals surface area contributed by atoms with Crippen molar-refractivity contribution in [3.8, 4) is 0 Å². The number of hydrogen-bond acceptors (Lipinski definition) is 1. The van der Waals surface area contributed by atoms with Gasteiger partial charge in [0.2, 0.25) is 0 Å². The monoisotopic (exact) mass is 398 g/mol. The summed E-state index contributed by atoms with van der Waals surface area (Å²) in [6.45, 7) is 36.9. The van der Waals surface area contributed by atoms with E-state index in [-0.39, 0.29) is 15.9 Å². The van der Waals surface area contributed by atoms with E-state index in [4.69, 9.17) is 4.12 Å². The van der Waals surface area contributed by atoms with Crippen LogP contribution in [0.5, 0.6) is 0 Å². The second-order valence-corrected chi connectivity index (χ2v) is 33.0. The van der Waals surface area contributed by atoms with Gasteiger partial charge in [-0.05, 0) is 35.5 Å². The molecule has 0 heterocycles. The van der Waals surface area contributed by atoms with Crippen LogP contribution in [0.15, 0.2) is 11.1 Å². The molecule has 1 atom stereocenters. The zero-order valence-corrected chi connectivity index (χ0v) is 23.0. The van der Waals surface area contributed by atoms with Crippen molar-refractivity contribution < 1.29 is 4.12 Å². The van der Waals surface area contributed by atoms with E-state index in [0.717, 1.165) is 0 Å². The first-order chi connectivity index (χ1) is 10.6. The Hall–Kier alpha value is 0.351. The van der Waals surface area contributed by atoms with Gasteiger partial charge in [-0.1, -0.05) is 93.1 Å². The Morgan fingerprint density at radius 1 is 0.640 bits per heavy atom. The average molecular weight is 399 g/mol. The largest absolute Gasteiger partial charge is 0.456 e. The minimum Gasteiger partial charge on any atom is -0.456 e. The molecule has 1 aliphatic rings. The minimum absolute atomic E-state index is 0.249. The van der Waals surface area contributed by atoms with Crippen LogP contribution in [0.2, 0.25) is 49.9 Å². The molecule has 0 bridgehead atoms. The lowest BCUT2D eigenvalue weighted by Gasteiger charge is -2.55. The van der Waals surface area contributed by atoms with Gasteiger partial charge in [0.25, 0.3) is 0 Å². The summed E-state index contributed by atoms with van der Waals surface area (Å²) in [7, 11) is -5.18. The Bertz CT molecular complexity index is 502. The fourth-order valence-electron chi connectivity index (χ4n) is 5.14. The van der Waals surface area contributed by atoms with Crippen molar-refractivity contribution in [1.82, 2.24) is 0 Å². The number of rotatable bonds is 4. The van der Waals surface area contributed by atoms with Crippen LogP contribution in [0.4, 0.5) is 0 Å². The summed E-state index contributed by atoms with van der Waals surface area (Å²) >= 11 is 0. The Balaban J connectivity index is 3.71. The highest BCUT2D eigenvalue weighted by Gasteiger charge is 2.69. The molecule has 25 heavy (non-hydrogen) atoms. The van der Waals surface area contributed by atoms with Gasteiger partial charge in [-0.25, -0.2) is 0 Å². The highest BCUT2D eigenvalue weighted by atomic mass is 29.3. The summed E-state index contributed by atoms with van der Waals surface area (Å²) in [4.78, 5) is 0. The van der Waals surface area contributed by atoms with E-state index >= 15 is 0 Å². The van der Waals surface area contributed by atoms with E-state index in [1.54, 1.807) is 11.1 Å². The molecule has 4 heteroatoms. The molecule has 0 spiro atoms. The van der Waals surface area contributed by atoms with Crippen LogP contribution < -0.4 is 0 Å². The molecule has 0 fully saturated rings. The van der Waals surface area contributed by atoms with Crippen LogP contribution in [-0.4, -0.2) is 23.7 Å². The van der Waals surface area contributed by atoms with Crippen LogP contribution in [0, 0.1) is 10.8 Å². The van der Waals surface area contributed by atoms with Gasteiger partial charge < -0.3 is 4.12 Å². The predicted molar refractivity (Wildman–Crippen MR) is 123 cm³/mol. The van der Waals surface area contributed by atoms with Crippen LogP contribution in [0.3, 0.4) is 0 Å². The molecule has 1 nitrogen and oxygen atoms in total. The zero-order valence-electron chi connectivity index (χ0n) is 20.0. The summed E-state index contributed by atoms with van der Waals surface area (Å²) in [5.74, 6) is 0. The van der Waals surface area contributed by atoms with E-state index in [0.29, 0.717) is 5.54 Å². The molecule has 1 rings (SSSR count). The minimum atomic E-state index is -2.02. The standard InChI is InChI=1S/C21H46OSi3/c1-19(2,3)16-17(20(4,5)6)18(16)25(21(7,8)9,24(13,14)15)22-23(10,11)12/h18H,1-15H3. The van der Waals surface area contributed by atoms with E-state index in [1.165, 1.54) is 0 Å². The summed E-state index contributed by atoms with van der Waals surface area (Å²) in [5.41, 5.74) is 4.62. The van der Waals surface area contributed by atoms with Gasteiger partial charge in [0.1, 0.15) is 0 Å². The maximum Gasteiger partial charge on any atom is 0.182 e. The number of hydrogen-bond donors (Lipinski definition) is 0. The van der Waals surface area contributed by atoms with Gasteiger partial charge in [-0.15, -0.1) is 0 Å². The van der Waals surface area contributed by atoms with E-state index in [2.05, 4.69) is 102 Å². The molecule has 0 aromatic carbocycles. The molecule has 1 unspecified atom stereocenters. The van der Waals surface area contributed by atoms with Crippen molar-refractivity contribution in [1.29, 1.82) is 0 Å².